The first kappa shape index (κ1) is 14.3. The molecule has 1 saturated carbocycles. The molecule has 0 bridgehead atoms. The molecule has 0 spiro atoms. The summed E-state index contributed by atoms with van der Waals surface area (Å²) < 4.78 is 30.3. The smallest absolute Gasteiger partial charge is 0.182 e. The first-order valence-electron chi connectivity index (χ1n) is 6.71. The molecule has 1 fully saturated rings. The fraction of sp³-hybridized carbons (Fsp3) is 0.571. The molecule has 2 rings (SSSR count). The molecule has 1 aromatic carbocycles. The van der Waals surface area contributed by atoms with Crippen molar-refractivity contribution in [3.05, 3.63) is 24.3 Å². The third-order valence-corrected chi connectivity index (χ3v) is 6.00. The van der Waals surface area contributed by atoms with Gasteiger partial charge in [0.2, 0.25) is 0 Å². The monoisotopic (exact) mass is 283 g/mol. The van der Waals surface area contributed by atoms with Gasteiger partial charge in [0.15, 0.2) is 9.84 Å². The van der Waals surface area contributed by atoms with Gasteiger partial charge in [-0.1, -0.05) is 13.3 Å². The van der Waals surface area contributed by atoms with Gasteiger partial charge in [-0.25, -0.2) is 8.42 Å². The summed E-state index contributed by atoms with van der Waals surface area (Å²) in [6, 6.07) is 6.75. The van der Waals surface area contributed by atoms with Crippen LogP contribution in [0.15, 0.2) is 29.2 Å². The molecule has 1 aromatic rings. The highest BCUT2D eigenvalue weighted by atomic mass is 32.2. The van der Waals surface area contributed by atoms with E-state index in [1.54, 1.807) is 31.4 Å². The highest BCUT2D eigenvalue weighted by molar-refractivity contribution is 7.92. The minimum absolute atomic E-state index is 0.0806. The average Bonchev–Trinajstić information content (AvgIpc) is 2.88. The molecule has 1 aliphatic rings. The molecule has 1 aliphatic carbocycles. The van der Waals surface area contributed by atoms with E-state index in [2.05, 4.69) is 5.32 Å². The molecular weight excluding hydrogens is 262 g/mol. The van der Waals surface area contributed by atoms with Crippen molar-refractivity contribution in [3.8, 4) is 5.75 Å². The maximum Gasteiger partial charge on any atom is 0.182 e. The minimum Gasteiger partial charge on any atom is -0.497 e. The molecule has 1 N–H and O–H groups in total. The molecule has 2 unspecified atom stereocenters. The predicted octanol–water partition coefficient (Wildman–Crippen LogP) is 2.00. The summed E-state index contributed by atoms with van der Waals surface area (Å²) in [7, 11) is -1.68. The minimum atomic E-state index is -3.25. The second-order valence-corrected chi connectivity index (χ2v) is 7.02. The number of ether oxygens (including phenoxy) is 1. The average molecular weight is 283 g/mol. The van der Waals surface area contributed by atoms with Crippen molar-refractivity contribution in [2.45, 2.75) is 42.4 Å². The molecular formula is C14H21NO3S. The summed E-state index contributed by atoms with van der Waals surface area (Å²) in [4.78, 5) is 0.392. The van der Waals surface area contributed by atoms with Gasteiger partial charge in [0.05, 0.1) is 17.3 Å². The van der Waals surface area contributed by atoms with Gasteiger partial charge in [-0.3, -0.25) is 0 Å². The number of benzene rings is 1. The highest BCUT2D eigenvalue weighted by Crippen LogP contribution is 2.30. The Kier molecular flexibility index (Phi) is 4.47. The van der Waals surface area contributed by atoms with Crippen molar-refractivity contribution in [2.24, 2.45) is 0 Å². The molecule has 19 heavy (non-hydrogen) atoms. The Morgan fingerprint density at radius 1 is 1.26 bits per heavy atom. The Morgan fingerprint density at radius 3 is 2.53 bits per heavy atom. The summed E-state index contributed by atoms with van der Waals surface area (Å²) in [6.45, 7) is 2.81. The first-order chi connectivity index (χ1) is 9.09. The third-order valence-electron chi connectivity index (χ3n) is 3.71. The Labute approximate surface area is 115 Å². The third kappa shape index (κ3) is 2.92. The van der Waals surface area contributed by atoms with Gasteiger partial charge in [0.1, 0.15) is 5.75 Å². The van der Waals surface area contributed by atoms with Crippen LogP contribution in [-0.2, 0) is 9.84 Å². The molecule has 2 atom stereocenters. The molecule has 0 aromatic heterocycles. The molecule has 106 valence electrons. The number of sulfone groups is 1. The van der Waals surface area contributed by atoms with Crippen molar-refractivity contribution in [1.82, 2.24) is 5.32 Å². The Balaban J connectivity index is 2.25. The van der Waals surface area contributed by atoms with Crippen LogP contribution in [0, 0.1) is 0 Å². The predicted molar refractivity (Wildman–Crippen MR) is 75.3 cm³/mol. The standard InChI is InChI=1S/C14H21NO3S/c1-3-15-13-5-4-6-14(13)19(16,17)12-9-7-11(18-2)8-10-12/h7-10,13-15H,3-6H2,1-2H3. The van der Waals surface area contributed by atoms with Crippen molar-refractivity contribution in [3.63, 3.8) is 0 Å². The van der Waals surface area contributed by atoms with E-state index in [0.717, 1.165) is 25.8 Å². The highest BCUT2D eigenvalue weighted by Gasteiger charge is 2.37. The zero-order valence-corrected chi connectivity index (χ0v) is 12.2. The molecule has 0 amide bonds. The van der Waals surface area contributed by atoms with Gasteiger partial charge in [-0.15, -0.1) is 0 Å². The van der Waals surface area contributed by atoms with Crippen molar-refractivity contribution in [2.75, 3.05) is 13.7 Å². The molecule has 0 radical (unpaired) electrons. The topological polar surface area (TPSA) is 55.4 Å². The fourth-order valence-corrected chi connectivity index (χ4v) is 4.74. The van der Waals surface area contributed by atoms with E-state index in [-0.39, 0.29) is 11.3 Å². The first-order valence-corrected chi connectivity index (χ1v) is 8.25. The lowest BCUT2D eigenvalue weighted by Crippen LogP contribution is -2.40. The van der Waals surface area contributed by atoms with E-state index < -0.39 is 9.84 Å². The van der Waals surface area contributed by atoms with Crippen LogP contribution >= 0.6 is 0 Å². The Morgan fingerprint density at radius 2 is 1.95 bits per heavy atom. The fourth-order valence-electron chi connectivity index (χ4n) is 2.73. The number of hydrogen-bond donors (Lipinski definition) is 1. The molecule has 5 heteroatoms. The van der Waals surface area contributed by atoms with Crippen LogP contribution in [0.3, 0.4) is 0 Å². The van der Waals surface area contributed by atoms with Crippen molar-refractivity contribution in [1.29, 1.82) is 0 Å². The normalized spacial score (nSPS) is 23.5. The van der Waals surface area contributed by atoms with Gasteiger partial charge in [-0.2, -0.15) is 0 Å². The van der Waals surface area contributed by atoms with E-state index in [1.165, 1.54) is 0 Å². The van der Waals surface area contributed by atoms with Crippen molar-refractivity contribution >= 4 is 9.84 Å². The zero-order valence-electron chi connectivity index (χ0n) is 11.4. The summed E-state index contributed by atoms with van der Waals surface area (Å²) in [5, 5.41) is 2.98. The van der Waals surface area contributed by atoms with Crippen LogP contribution in [0.4, 0.5) is 0 Å². The molecule has 0 heterocycles. The van der Waals surface area contributed by atoms with E-state index in [4.69, 9.17) is 4.74 Å². The number of hydrogen-bond acceptors (Lipinski definition) is 4. The second kappa shape index (κ2) is 5.92. The van der Waals surface area contributed by atoms with Crippen LogP contribution in [0.2, 0.25) is 0 Å². The number of rotatable bonds is 5. The van der Waals surface area contributed by atoms with Crippen LogP contribution in [0.1, 0.15) is 26.2 Å². The maximum absolute atomic E-state index is 12.6. The second-order valence-electron chi connectivity index (χ2n) is 4.85. The van der Waals surface area contributed by atoms with Crippen LogP contribution in [-0.4, -0.2) is 33.4 Å². The van der Waals surface area contributed by atoms with Crippen LogP contribution < -0.4 is 10.1 Å². The van der Waals surface area contributed by atoms with Crippen molar-refractivity contribution < 1.29 is 13.2 Å². The lowest BCUT2D eigenvalue weighted by Gasteiger charge is -2.20. The Hall–Kier alpha value is -1.07. The van der Waals surface area contributed by atoms with E-state index in [0.29, 0.717) is 10.6 Å². The number of nitrogens with one attached hydrogen (secondary N) is 1. The number of methoxy groups -OCH3 is 1. The summed E-state index contributed by atoms with van der Waals surface area (Å²) in [5.74, 6) is 0.675. The van der Waals surface area contributed by atoms with Gasteiger partial charge in [-0.05, 0) is 43.7 Å². The largest absolute Gasteiger partial charge is 0.497 e. The van der Waals surface area contributed by atoms with Gasteiger partial charge in [0.25, 0.3) is 0 Å². The lowest BCUT2D eigenvalue weighted by atomic mass is 10.2. The zero-order chi connectivity index (χ0) is 13.9. The van der Waals surface area contributed by atoms with Crippen LogP contribution in [0.25, 0.3) is 0 Å². The Bertz CT molecular complexity index is 510. The SMILES string of the molecule is CCNC1CCCC1S(=O)(=O)c1ccc(OC)cc1. The maximum atomic E-state index is 12.6. The van der Waals surface area contributed by atoms with E-state index in [9.17, 15) is 8.42 Å². The summed E-state index contributed by atoms with van der Waals surface area (Å²) in [5.41, 5.74) is 0. The quantitative estimate of drug-likeness (QED) is 0.898. The summed E-state index contributed by atoms with van der Waals surface area (Å²) >= 11 is 0. The van der Waals surface area contributed by atoms with Gasteiger partial charge < -0.3 is 10.1 Å². The van der Waals surface area contributed by atoms with Gasteiger partial charge >= 0.3 is 0 Å². The van der Waals surface area contributed by atoms with E-state index >= 15 is 0 Å². The summed E-state index contributed by atoms with van der Waals surface area (Å²) in [6.07, 6.45) is 2.65. The van der Waals surface area contributed by atoms with Gasteiger partial charge in [0, 0.05) is 6.04 Å². The van der Waals surface area contributed by atoms with Crippen LogP contribution in [0.5, 0.6) is 5.75 Å². The molecule has 0 aliphatic heterocycles. The van der Waals surface area contributed by atoms with E-state index in [1.807, 2.05) is 6.92 Å². The lowest BCUT2D eigenvalue weighted by molar-refractivity contribution is 0.414. The molecule has 0 saturated heterocycles. The molecule has 4 nitrogen and oxygen atoms in total.